The molecule has 0 aliphatic carbocycles. The highest BCUT2D eigenvalue weighted by molar-refractivity contribution is 5.57. The van der Waals surface area contributed by atoms with Crippen molar-refractivity contribution in [1.82, 2.24) is 4.90 Å². The molecule has 98 valence electrons. The summed E-state index contributed by atoms with van der Waals surface area (Å²) in [4.78, 5) is 2.61. The molecule has 0 bridgehead atoms. The van der Waals surface area contributed by atoms with Crippen molar-refractivity contribution in [3.63, 3.8) is 0 Å². The van der Waals surface area contributed by atoms with E-state index in [2.05, 4.69) is 42.3 Å². The van der Waals surface area contributed by atoms with Crippen molar-refractivity contribution in [3.8, 4) is 0 Å². The van der Waals surface area contributed by atoms with Crippen LogP contribution >= 0.6 is 0 Å². The lowest BCUT2D eigenvalue weighted by atomic mass is 9.88. The summed E-state index contributed by atoms with van der Waals surface area (Å²) in [6.45, 7) is 9.52. The maximum absolute atomic E-state index is 3.48. The molecule has 0 aromatic heterocycles. The molecule has 0 radical (unpaired) electrons. The van der Waals surface area contributed by atoms with Gasteiger partial charge in [0.2, 0.25) is 0 Å². The van der Waals surface area contributed by atoms with E-state index in [1.54, 1.807) is 0 Å². The van der Waals surface area contributed by atoms with E-state index >= 15 is 0 Å². The van der Waals surface area contributed by atoms with E-state index in [1.165, 1.54) is 42.7 Å². The van der Waals surface area contributed by atoms with Gasteiger partial charge >= 0.3 is 0 Å². The zero-order valence-electron chi connectivity index (χ0n) is 11.6. The number of nitrogens with zero attached hydrogens (tertiary/aromatic N) is 1. The topological polar surface area (TPSA) is 15.3 Å². The predicted molar refractivity (Wildman–Crippen MR) is 76.9 cm³/mol. The zero-order chi connectivity index (χ0) is 12.5. The van der Waals surface area contributed by atoms with Gasteiger partial charge in [-0.2, -0.15) is 0 Å². The summed E-state index contributed by atoms with van der Waals surface area (Å²) >= 11 is 0. The summed E-state index contributed by atoms with van der Waals surface area (Å²) < 4.78 is 0. The fourth-order valence-corrected chi connectivity index (χ4v) is 3.19. The summed E-state index contributed by atoms with van der Waals surface area (Å²) in [7, 11) is 0. The Morgan fingerprint density at radius 2 is 2.17 bits per heavy atom. The molecule has 2 aliphatic heterocycles. The molecule has 1 fully saturated rings. The Labute approximate surface area is 110 Å². The number of hydrogen-bond donors (Lipinski definition) is 1. The Kier molecular flexibility index (Phi) is 3.29. The molecule has 0 spiro atoms. The van der Waals surface area contributed by atoms with Crippen LogP contribution in [0.15, 0.2) is 18.2 Å². The molecule has 18 heavy (non-hydrogen) atoms. The highest BCUT2D eigenvalue weighted by Gasteiger charge is 2.22. The van der Waals surface area contributed by atoms with Crippen LogP contribution in [0, 0.1) is 11.8 Å². The van der Waals surface area contributed by atoms with Gasteiger partial charge in [0.25, 0.3) is 0 Å². The minimum Gasteiger partial charge on any atom is -0.384 e. The second kappa shape index (κ2) is 4.93. The molecule has 1 aromatic rings. The van der Waals surface area contributed by atoms with Crippen molar-refractivity contribution in [2.75, 3.05) is 25.0 Å². The minimum atomic E-state index is 0.839. The molecule has 2 heteroatoms. The highest BCUT2D eigenvalue weighted by atomic mass is 15.1. The lowest BCUT2D eigenvalue weighted by molar-refractivity contribution is 0.132. The first-order valence-corrected chi connectivity index (χ1v) is 7.30. The molecule has 2 unspecified atom stereocenters. The van der Waals surface area contributed by atoms with Crippen LogP contribution in [-0.4, -0.2) is 24.5 Å². The average Bonchev–Trinajstić information content (AvgIpc) is 2.81. The summed E-state index contributed by atoms with van der Waals surface area (Å²) in [5.74, 6) is 1.73. The Balaban J connectivity index is 1.66. The number of nitrogens with one attached hydrogen (secondary N) is 1. The van der Waals surface area contributed by atoms with Crippen molar-refractivity contribution in [1.29, 1.82) is 0 Å². The van der Waals surface area contributed by atoms with E-state index in [0.717, 1.165) is 24.9 Å². The second-order valence-electron chi connectivity index (χ2n) is 6.15. The van der Waals surface area contributed by atoms with Gasteiger partial charge < -0.3 is 5.32 Å². The SMILES string of the molecule is CC1CCN(Cc2ccc3c(c2)NCC3)CC1C. The van der Waals surface area contributed by atoms with Crippen molar-refractivity contribution >= 4 is 5.69 Å². The van der Waals surface area contributed by atoms with Crippen LogP contribution in [0.3, 0.4) is 0 Å². The largest absolute Gasteiger partial charge is 0.384 e. The molecule has 2 heterocycles. The minimum absolute atomic E-state index is 0.839. The van der Waals surface area contributed by atoms with Gasteiger partial charge in [0.1, 0.15) is 0 Å². The van der Waals surface area contributed by atoms with Crippen molar-refractivity contribution < 1.29 is 0 Å². The molecular weight excluding hydrogens is 220 g/mol. The molecule has 2 atom stereocenters. The fourth-order valence-electron chi connectivity index (χ4n) is 3.19. The van der Waals surface area contributed by atoms with E-state index in [-0.39, 0.29) is 0 Å². The van der Waals surface area contributed by atoms with Crippen molar-refractivity contribution in [2.24, 2.45) is 11.8 Å². The van der Waals surface area contributed by atoms with Gasteiger partial charge in [-0.25, -0.2) is 0 Å². The quantitative estimate of drug-likeness (QED) is 0.860. The maximum atomic E-state index is 3.48. The van der Waals surface area contributed by atoms with Gasteiger partial charge in [-0.3, -0.25) is 4.90 Å². The van der Waals surface area contributed by atoms with E-state index < -0.39 is 0 Å². The van der Waals surface area contributed by atoms with Gasteiger partial charge in [0, 0.05) is 25.3 Å². The normalized spacial score (nSPS) is 27.9. The average molecular weight is 244 g/mol. The van der Waals surface area contributed by atoms with E-state index in [0.29, 0.717) is 0 Å². The molecule has 0 saturated carbocycles. The summed E-state index contributed by atoms with van der Waals surface area (Å²) in [6, 6.07) is 6.97. The van der Waals surface area contributed by atoms with E-state index in [9.17, 15) is 0 Å². The molecule has 1 N–H and O–H groups in total. The van der Waals surface area contributed by atoms with Crippen molar-refractivity contribution in [2.45, 2.75) is 33.2 Å². The smallest absolute Gasteiger partial charge is 0.0376 e. The van der Waals surface area contributed by atoms with Crippen LogP contribution in [-0.2, 0) is 13.0 Å². The lowest BCUT2D eigenvalue weighted by Crippen LogP contribution is -2.37. The predicted octanol–water partition coefficient (Wildman–Crippen LogP) is 3.13. The molecule has 1 aromatic carbocycles. The van der Waals surface area contributed by atoms with Crippen LogP contribution in [0.4, 0.5) is 5.69 Å². The summed E-state index contributed by atoms with van der Waals surface area (Å²) in [6.07, 6.45) is 2.54. The third-order valence-corrected chi connectivity index (χ3v) is 4.71. The molecule has 3 rings (SSSR count). The molecule has 2 nitrogen and oxygen atoms in total. The van der Waals surface area contributed by atoms with E-state index in [4.69, 9.17) is 0 Å². The molecule has 0 amide bonds. The Morgan fingerprint density at radius 1 is 1.28 bits per heavy atom. The van der Waals surface area contributed by atoms with Gasteiger partial charge in [-0.05, 0) is 48.4 Å². The third-order valence-electron chi connectivity index (χ3n) is 4.71. The lowest BCUT2D eigenvalue weighted by Gasteiger charge is -2.35. The van der Waals surface area contributed by atoms with Gasteiger partial charge in [0.05, 0.1) is 0 Å². The van der Waals surface area contributed by atoms with Gasteiger partial charge in [-0.1, -0.05) is 26.0 Å². The molecule has 2 aliphatic rings. The number of benzene rings is 1. The Morgan fingerprint density at radius 3 is 3.00 bits per heavy atom. The van der Waals surface area contributed by atoms with Crippen molar-refractivity contribution in [3.05, 3.63) is 29.3 Å². The van der Waals surface area contributed by atoms with Crippen LogP contribution in [0.2, 0.25) is 0 Å². The van der Waals surface area contributed by atoms with Crippen LogP contribution in [0.25, 0.3) is 0 Å². The fraction of sp³-hybridized carbons (Fsp3) is 0.625. The van der Waals surface area contributed by atoms with Crippen LogP contribution in [0.5, 0.6) is 0 Å². The number of hydrogen-bond acceptors (Lipinski definition) is 2. The first-order chi connectivity index (χ1) is 8.72. The Hall–Kier alpha value is -1.02. The van der Waals surface area contributed by atoms with E-state index in [1.807, 2.05) is 0 Å². The van der Waals surface area contributed by atoms with Crippen LogP contribution in [0.1, 0.15) is 31.4 Å². The number of anilines is 1. The molecule has 1 saturated heterocycles. The highest BCUT2D eigenvalue weighted by Crippen LogP contribution is 2.26. The molecular formula is C16H24N2. The number of fused-ring (bicyclic) bond motifs is 1. The van der Waals surface area contributed by atoms with Gasteiger partial charge in [0.15, 0.2) is 0 Å². The monoisotopic (exact) mass is 244 g/mol. The van der Waals surface area contributed by atoms with Gasteiger partial charge in [-0.15, -0.1) is 0 Å². The first kappa shape index (κ1) is 12.0. The number of likely N-dealkylation sites (tertiary alicyclic amines) is 1. The number of piperidine rings is 1. The Bertz CT molecular complexity index is 427. The first-order valence-electron chi connectivity index (χ1n) is 7.30. The second-order valence-corrected chi connectivity index (χ2v) is 6.15. The standard InChI is InChI=1S/C16H24N2/c1-12-6-8-18(10-13(12)2)11-14-3-4-15-5-7-17-16(15)9-14/h3-4,9,12-13,17H,5-8,10-11H2,1-2H3. The maximum Gasteiger partial charge on any atom is 0.0376 e. The summed E-state index contributed by atoms with van der Waals surface area (Å²) in [5, 5.41) is 3.48. The zero-order valence-corrected chi connectivity index (χ0v) is 11.6. The third kappa shape index (κ3) is 2.39. The summed E-state index contributed by atoms with van der Waals surface area (Å²) in [5.41, 5.74) is 4.32. The number of rotatable bonds is 2. The van der Waals surface area contributed by atoms with Crippen LogP contribution < -0.4 is 5.32 Å².